The third-order valence-electron chi connectivity index (χ3n) is 17.2. The Morgan fingerprint density at radius 1 is 0.547 bits per heavy atom. The van der Waals surface area contributed by atoms with Crippen molar-refractivity contribution in [2.45, 2.75) is 192 Å². The van der Waals surface area contributed by atoms with Gasteiger partial charge < -0.3 is 112 Å². The molecule has 9 unspecified atom stereocenters. The summed E-state index contributed by atoms with van der Waals surface area (Å²) in [5, 5.41) is 10.7. The quantitative estimate of drug-likeness (QED) is 0.0195. The lowest BCUT2D eigenvalue weighted by Crippen LogP contribution is -2.42. The molecule has 0 aliphatic carbocycles. The molecule has 10 rings (SSSR count). The number of phosphoric acid groups is 1. The Morgan fingerprint density at radius 3 is 1.44 bits per heavy atom. The average molecular weight is 1630 g/mol. The van der Waals surface area contributed by atoms with Gasteiger partial charge >= 0.3 is 28.4 Å². The molecule has 5 aromatic heterocycles. The van der Waals surface area contributed by atoms with Gasteiger partial charge in [-0.3, -0.25) is 71.1 Å². The Labute approximate surface area is 614 Å². The summed E-state index contributed by atoms with van der Waals surface area (Å²) >= 11 is 15.9. The van der Waals surface area contributed by atoms with Crippen LogP contribution in [0.25, 0.3) is 0 Å². The molecule has 0 saturated carbocycles. The van der Waals surface area contributed by atoms with Crippen molar-refractivity contribution in [3.63, 3.8) is 0 Å². The number of nitrogen functional groups attached to an aromatic ring is 1. The SMILES string of the molecule is CC[C@H]1O[C@@H](n2cc(C)c(=O)[nH]c2=O)CC1OP([O-])(=S)OC[C@H]1O[C@@H](n2cc(C)c(=O)[nH]c2=O)CC1OP(=O)([S-])OC[C@H](C)O[C@H]1C(OP(=O)([O-])OC[C@H](C)O[C@H]2C(OP([O-])(=S)OC[C@H](C)O[C@H]3C(O)CO[C@H]3n3cc(C)c(=O)[nH]c3=O)CO[C@H]2n2cc(C)c(=O)[nH]c2=O)CO[C@H]1n1cc(C)c(N)nc1=O. The molecule has 0 bridgehead atoms. The van der Waals surface area contributed by atoms with Crippen LogP contribution in [0.15, 0.2) is 74.1 Å². The number of hydrogen-bond acceptors (Lipinski definition) is 36. The van der Waals surface area contributed by atoms with Gasteiger partial charge in [0, 0.05) is 71.6 Å². The van der Waals surface area contributed by atoms with E-state index in [9.17, 15) is 72.1 Å². The Morgan fingerprint density at radius 2 is 0.934 bits per heavy atom. The smallest absolute Gasteiger partial charge is 0.351 e. The number of nitrogens with two attached hydrogens (primary N) is 1. The first-order valence-electron chi connectivity index (χ1n) is 32.7. The molecule has 5 aromatic rings. The summed E-state index contributed by atoms with van der Waals surface area (Å²) in [6.45, 7) is -5.00. The fourth-order valence-electron chi connectivity index (χ4n) is 11.9. The van der Waals surface area contributed by atoms with Crippen molar-refractivity contribution in [1.29, 1.82) is 0 Å². The molecule has 588 valence electrons. The van der Waals surface area contributed by atoms with Crippen molar-refractivity contribution in [2.75, 3.05) is 52.0 Å². The molecule has 5 aliphatic heterocycles. The summed E-state index contributed by atoms with van der Waals surface area (Å²) < 4.78 is 127. The third-order valence-corrected chi connectivity index (χ3v) is 22.9. The molecule has 7 N–H and O–H groups in total. The van der Waals surface area contributed by atoms with Gasteiger partial charge in [0.2, 0.25) is 0 Å². The lowest BCUT2D eigenvalue weighted by Gasteiger charge is -2.35. The second-order valence-electron chi connectivity index (χ2n) is 25.6. The topological polar surface area (TPSA) is 552 Å². The highest BCUT2D eigenvalue weighted by atomic mass is 32.7. The molecule has 5 fully saturated rings. The van der Waals surface area contributed by atoms with Crippen LogP contribution in [0.2, 0.25) is 0 Å². The summed E-state index contributed by atoms with van der Waals surface area (Å²) in [5.74, 6) is -0.149. The van der Waals surface area contributed by atoms with E-state index in [0.717, 1.165) is 29.0 Å². The summed E-state index contributed by atoms with van der Waals surface area (Å²) in [7, 11) is -5.57. The standard InChI is InChI=1S/C57H81N11O31P4S3/c1-10-34-35(11-40(94-34)64-14-26(3)46(70)60-54(64)75)97-103(83,106)90-24-37-36(12-41(95-37)65-15-27(4)47(71)61-55(65)76)98-101(81,104)88-20-32(9)93-43-38(22-85-51(43)66-13-25(2)45(58)59-53(66)74)96-100(79,80)87-18-30(7)92-44-39(23-86-52(44)68-17-29(6)49(73)63-57(68)78)99-102(82,105)89-19-31(8)91-42-33(69)21-84-50(42)67-16-28(5)48(72)62-56(67)77/h13-17,30-44,50-52,69H,10-12,18-24H2,1-9H3,(H,79,80)(H,81,104)(H,82,105)(H,83,106)(H2,58,59,74)(H,60,70,75)(H,61,71,76)(H,62,72,77)(H,63,73,78)/p-4/t30-,31-,32-,33?,34+,35?,36?,37+,38?,39?,40+,41+,42-,43-,44-,50+,51+,52+,101?,102?,103?/m0/s1. The summed E-state index contributed by atoms with van der Waals surface area (Å²) in [4.78, 5) is 169. The number of phosphoric ester groups is 1. The Kier molecular flexibility index (Phi) is 26.8. The van der Waals surface area contributed by atoms with E-state index in [2.05, 4.69) is 24.9 Å². The summed E-state index contributed by atoms with van der Waals surface area (Å²) in [6, 6.07) is 0. The number of hydrogen-bond donors (Lipinski definition) is 6. The zero-order valence-electron chi connectivity index (χ0n) is 57.8. The maximum atomic E-state index is 14.3. The normalized spacial score (nSPS) is 29.3. The predicted octanol–water partition coefficient (Wildman–Crippen LogP) is -2.28. The van der Waals surface area contributed by atoms with Crippen LogP contribution < -0.4 is 71.1 Å². The van der Waals surface area contributed by atoms with Crippen molar-refractivity contribution in [3.05, 3.63) is 153 Å². The molecule has 42 nitrogen and oxygen atoms in total. The predicted molar refractivity (Wildman–Crippen MR) is 368 cm³/mol. The van der Waals surface area contributed by atoms with Crippen molar-refractivity contribution in [3.8, 4) is 0 Å². The summed E-state index contributed by atoms with van der Waals surface area (Å²) in [5.41, 5.74) is -0.443. The van der Waals surface area contributed by atoms with E-state index in [0.29, 0.717) is 6.42 Å². The number of aryl methyl sites for hydroxylation is 5. The number of rotatable bonds is 32. The van der Waals surface area contributed by atoms with Crippen LogP contribution >= 0.6 is 28.1 Å². The number of anilines is 1. The van der Waals surface area contributed by atoms with E-state index in [1.54, 1.807) is 6.92 Å². The van der Waals surface area contributed by atoms with E-state index >= 15 is 0 Å². The van der Waals surface area contributed by atoms with Crippen LogP contribution in [0.1, 0.15) is 106 Å². The van der Waals surface area contributed by atoms with Gasteiger partial charge in [-0.05, 0) is 61.8 Å². The van der Waals surface area contributed by atoms with Gasteiger partial charge in [0.05, 0.1) is 82.9 Å². The van der Waals surface area contributed by atoms with E-state index in [1.807, 2.05) is 0 Å². The zero-order chi connectivity index (χ0) is 77.4. The molecule has 5 saturated heterocycles. The van der Waals surface area contributed by atoms with Crippen molar-refractivity contribution in [1.82, 2.24) is 47.8 Å². The van der Waals surface area contributed by atoms with E-state index in [-0.39, 0.29) is 53.1 Å². The van der Waals surface area contributed by atoms with Gasteiger partial charge in [-0.25, -0.2) is 24.0 Å². The third kappa shape index (κ3) is 20.3. The van der Waals surface area contributed by atoms with Gasteiger partial charge in [-0.15, -0.1) is 0 Å². The fraction of sp³-hybridized carbons (Fsp3) is 0.649. The van der Waals surface area contributed by atoms with Gasteiger partial charge in [0.25, 0.3) is 30.1 Å². The molecule has 49 heteroatoms. The average Bonchev–Trinajstić information content (AvgIpc) is 1.60. The minimum Gasteiger partial charge on any atom is -0.780 e. The number of aromatic amines is 4. The second-order valence-corrected chi connectivity index (χ2v) is 35.1. The largest absolute Gasteiger partial charge is 0.780 e. The maximum absolute atomic E-state index is 14.3. The first kappa shape index (κ1) is 83.2. The Hall–Kier alpha value is -5.29. The Balaban J connectivity index is 0.793. The lowest BCUT2D eigenvalue weighted by molar-refractivity contribution is -0.236. The Bertz CT molecular complexity index is 4820. The van der Waals surface area contributed by atoms with Crippen molar-refractivity contribution in [2.24, 2.45) is 0 Å². The van der Waals surface area contributed by atoms with Crippen molar-refractivity contribution >= 4 is 69.7 Å². The van der Waals surface area contributed by atoms with E-state index in [4.69, 9.17) is 116 Å². The summed E-state index contributed by atoms with van der Waals surface area (Å²) in [6.07, 6.45) is -17.4. The molecule has 5 aliphatic rings. The monoisotopic (exact) mass is 1630 g/mol. The van der Waals surface area contributed by atoms with Crippen LogP contribution in [0.3, 0.4) is 0 Å². The van der Waals surface area contributed by atoms with E-state index < -0.39 is 229 Å². The molecule has 22 atom stereocenters. The molecule has 0 radical (unpaired) electrons. The number of aliphatic hydroxyl groups is 1. The number of aliphatic hydroxyl groups excluding tert-OH is 1. The molecule has 0 aromatic carbocycles. The number of aromatic nitrogens is 10. The molecular formula is C57H77N11O31P4S3-4. The highest BCUT2D eigenvalue weighted by Crippen LogP contribution is 2.53. The first-order valence-corrected chi connectivity index (χ1v) is 41.8. The zero-order valence-corrected chi connectivity index (χ0v) is 63.8. The van der Waals surface area contributed by atoms with Crippen LogP contribution in [0.5, 0.6) is 0 Å². The van der Waals surface area contributed by atoms with Gasteiger partial charge in [0.15, 0.2) is 25.5 Å². The molecule has 0 amide bonds. The van der Waals surface area contributed by atoms with Crippen LogP contribution in [0.4, 0.5) is 5.82 Å². The van der Waals surface area contributed by atoms with Crippen LogP contribution in [-0.4, -0.2) is 178 Å². The maximum Gasteiger partial charge on any atom is 0.351 e. The fourth-order valence-corrected chi connectivity index (χ4v) is 17.3. The van der Waals surface area contributed by atoms with Gasteiger partial charge in [-0.1, -0.05) is 30.5 Å². The number of ether oxygens (including phenoxy) is 8. The lowest BCUT2D eigenvalue weighted by atomic mass is 10.1. The molecular weight excluding hydrogens is 1550 g/mol. The minimum absolute atomic E-state index is 0.0432. The van der Waals surface area contributed by atoms with Gasteiger partial charge in [0.1, 0.15) is 74.4 Å². The number of nitrogens with zero attached hydrogens (tertiary/aromatic N) is 6. The first-order chi connectivity index (χ1) is 49.7. The highest BCUT2D eigenvalue weighted by molar-refractivity contribution is 8.32. The second kappa shape index (κ2) is 34.1. The van der Waals surface area contributed by atoms with Crippen LogP contribution in [0, 0.1) is 34.6 Å². The van der Waals surface area contributed by atoms with Gasteiger partial charge in [-0.2, -0.15) is 4.98 Å². The van der Waals surface area contributed by atoms with Crippen molar-refractivity contribution < 1.29 is 103 Å². The molecule has 10 heterocycles. The number of H-pyrrole nitrogens is 4. The minimum atomic E-state index is -5.57. The van der Waals surface area contributed by atoms with Crippen LogP contribution in [-0.2, 0) is 119 Å². The van der Waals surface area contributed by atoms with E-state index in [1.165, 1.54) is 80.2 Å². The molecule has 0 spiro atoms. The number of nitrogens with one attached hydrogen (secondary N) is 4. The highest BCUT2D eigenvalue weighted by Gasteiger charge is 2.48. The molecule has 106 heavy (non-hydrogen) atoms.